The summed E-state index contributed by atoms with van der Waals surface area (Å²) in [5.74, 6) is -0.354. The van der Waals surface area contributed by atoms with Crippen LogP contribution in [0.25, 0.3) is 10.9 Å². The van der Waals surface area contributed by atoms with Gasteiger partial charge < -0.3 is 4.57 Å². The molecule has 1 aromatic heterocycles. The molecule has 1 heterocycles. The van der Waals surface area contributed by atoms with Gasteiger partial charge in [0.2, 0.25) is 0 Å². The van der Waals surface area contributed by atoms with Crippen LogP contribution in [0.3, 0.4) is 0 Å². The van der Waals surface area contributed by atoms with E-state index in [0.29, 0.717) is 23.2 Å². The molecule has 2 aromatic carbocycles. The SMILES string of the molecule is N#Cc1ccc2c(ccn2Cc2cc(F)ccc2C#N)c1. The zero-order chi connectivity index (χ0) is 14.8. The van der Waals surface area contributed by atoms with E-state index >= 15 is 0 Å². The summed E-state index contributed by atoms with van der Waals surface area (Å²) < 4.78 is 15.3. The first-order valence-corrected chi connectivity index (χ1v) is 6.39. The van der Waals surface area contributed by atoms with Gasteiger partial charge in [-0.15, -0.1) is 0 Å². The van der Waals surface area contributed by atoms with Crippen LogP contribution in [0.15, 0.2) is 48.7 Å². The first-order valence-electron chi connectivity index (χ1n) is 6.39. The van der Waals surface area contributed by atoms with E-state index in [1.165, 1.54) is 18.2 Å². The number of nitriles is 2. The summed E-state index contributed by atoms with van der Waals surface area (Å²) in [7, 11) is 0. The Morgan fingerprint density at radius 3 is 2.62 bits per heavy atom. The first kappa shape index (κ1) is 12.9. The minimum absolute atomic E-state index is 0.354. The molecule has 3 rings (SSSR count). The van der Waals surface area contributed by atoms with Gasteiger partial charge in [-0.25, -0.2) is 4.39 Å². The fourth-order valence-electron chi connectivity index (χ4n) is 2.39. The van der Waals surface area contributed by atoms with E-state index in [2.05, 4.69) is 12.1 Å². The second kappa shape index (κ2) is 5.11. The minimum Gasteiger partial charge on any atom is -0.343 e. The van der Waals surface area contributed by atoms with Gasteiger partial charge in [0.1, 0.15) is 5.82 Å². The maximum Gasteiger partial charge on any atom is 0.123 e. The summed E-state index contributed by atoms with van der Waals surface area (Å²) in [4.78, 5) is 0. The lowest BCUT2D eigenvalue weighted by Crippen LogP contribution is -2.01. The topological polar surface area (TPSA) is 52.5 Å². The van der Waals surface area contributed by atoms with Crippen molar-refractivity contribution < 1.29 is 4.39 Å². The standard InChI is InChI=1S/C17H10FN3/c18-16-3-2-14(10-20)15(8-16)11-21-6-5-13-7-12(9-19)1-4-17(13)21/h1-8H,11H2. The van der Waals surface area contributed by atoms with E-state index in [-0.39, 0.29) is 5.82 Å². The van der Waals surface area contributed by atoms with Crippen LogP contribution in [0.4, 0.5) is 4.39 Å². The predicted octanol–water partition coefficient (Wildman–Crippen LogP) is 3.57. The normalized spacial score (nSPS) is 10.2. The third kappa shape index (κ3) is 2.35. The lowest BCUT2D eigenvalue weighted by molar-refractivity contribution is 0.623. The molecule has 4 heteroatoms. The molecule has 0 aliphatic heterocycles. The van der Waals surface area contributed by atoms with Crippen LogP contribution in [0.1, 0.15) is 16.7 Å². The fraction of sp³-hybridized carbons (Fsp3) is 0.0588. The predicted molar refractivity (Wildman–Crippen MR) is 76.9 cm³/mol. The van der Waals surface area contributed by atoms with Crippen LogP contribution in [-0.2, 0) is 6.54 Å². The van der Waals surface area contributed by atoms with Gasteiger partial charge >= 0.3 is 0 Å². The molecule has 0 bridgehead atoms. The molecule has 3 aromatic rings. The summed E-state index contributed by atoms with van der Waals surface area (Å²) >= 11 is 0. The van der Waals surface area contributed by atoms with Gasteiger partial charge in [0.05, 0.1) is 23.3 Å². The smallest absolute Gasteiger partial charge is 0.123 e. The van der Waals surface area contributed by atoms with E-state index in [1.807, 2.05) is 29.0 Å². The molecule has 0 saturated heterocycles. The van der Waals surface area contributed by atoms with Crippen molar-refractivity contribution in [2.45, 2.75) is 6.54 Å². The molecular weight excluding hydrogens is 265 g/mol. The summed E-state index contributed by atoms with van der Waals surface area (Å²) in [6.45, 7) is 0.413. The van der Waals surface area contributed by atoms with Crippen molar-refractivity contribution in [3.8, 4) is 12.1 Å². The lowest BCUT2D eigenvalue weighted by Gasteiger charge is -2.08. The largest absolute Gasteiger partial charge is 0.343 e. The molecule has 0 fully saturated rings. The van der Waals surface area contributed by atoms with E-state index in [1.54, 1.807) is 6.07 Å². The van der Waals surface area contributed by atoms with Gasteiger partial charge in [-0.3, -0.25) is 0 Å². The fourth-order valence-corrected chi connectivity index (χ4v) is 2.39. The zero-order valence-electron chi connectivity index (χ0n) is 11.0. The van der Waals surface area contributed by atoms with E-state index in [9.17, 15) is 4.39 Å². The molecule has 0 radical (unpaired) electrons. The molecular formula is C17H10FN3. The Labute approximate surface area is 121 Å². The Kier molecular flexibility index (Phi) is 3.14. The van der Waals surface area contributed by atoms with E-state index in [4.69, 9.17) is 10.5 Å². The highest BCUT2D eigenvalue weighted by Crippen LogP contribution is 2.20. The Morgan fingerprint density at radius 1 is 1.00 bits per heavy atom. The number of rotatable bonds is 2. The number of hydrogen-bond acceptors (Lipinski definition) is 2. The number of fused-ring (bicyclic) bond motifs is 1. The molecule has 0 aliphatic carbocycles. The van der Waals surface area contributed by atoms with Crippen molar-refractivity contribution in [1.82, 2.24) is 4.57 Å². The summed E-state index contributed by atoms with van der Waals surface area (Å²) in [5.41, 5.74) is 2.65. The highest BCUT2D eigenvalue weighted by Gasteiger charge is 2.07. The molecule has 3 nitrogen and oxygen atoms in total. The van der Waals surface area contributed by atoms with Crippen LogP contribution >= 0.6 is 0 Å². The maximum atomic E-state index is 13.4. The maximum absolute atomic E-state index is 13.4. The monoisotopic (exact) mass is 275 g/mol. The number of halogens is 1. The molecule has 21 heavy (non-hydrogen) atoms. The van der Waals surface area contributed by atoms with Crippen molar-refractivity contribution in [1.29, 1.82) is 10.5 Å². The van der Waals surface area contributed by atoms with Gasteiger partial charge in [-0.05, 0) is 48.0 Å². The van der Waals surface area contributed by atoms with Crippen LogP contribution in [0, 0.1) is 28.5 Å². The Morgan fingerprint density at radius 2 is 1.86 bits per heavy atom. The summed E-state index contributed by atoms with van der Waals surface area (Å²) in [5, 5.41) is 19.0. The second-order valence-corrected chi connectivity index (χ2v) is 4.74. The summed E-state index contributed by atoms with van der Waals surface area (Å²) in [6.07, 6.45) is 1.87. The van der Waals surface area contributed by atoms with Crippen molar-refractivity contribution in [2.75, 3.05) is 0 Å². The van der Waals surface area contributed by atoms with Crippen molar-refractivity contribution >= 4 is 10.9 Å². The van der Waals surface area contributed by atoms with Crippen molar-refractivity contribution in [3.05, 3.63) is 71.2 Å². The second-order valence-electron chi connectivity index (χ2n) is 4.74. The Bertz CT molecular complexity index is 910. The van der Waals surface area contributed by atoms with Gasteiger partial charge in [-0.2, -0.15) is 10.5 Å². The summed E-state index contributed by atoms with van der Waals surface area (Å²) in [6, 6.07) is 15.7. The molecule has 0 amide bonds. The van der Waals surface area contributed by atoms with Gasteiger partial charge in [0.15, 0.2) is 0 Å². The minimum atomic E-state index is -0.354. The number of nitrogens with zero attached hydrogens (tertiary/aromatic N) is 3. The highest BCUT2D eigenvalue weighted by molar-refractivity contribution is 5.81. The molecule has 0 saturated carbocycles. The first-order chi connectivity index (χ1) is 10.2. The third-order valence-corrected chi connectivity index (χ3v) is 3.43. The van der Waals surface area contributed by atoms with E-state index < -0.39 is 0 Å². The van der Waals surface area contributed by atoms with Crippen molar-refractivity contribution in [3.63, 3.8) is 0 Å². The molecule has 100 valence electrons. The molecule has 0 unspecified atom stereocenters. The Hall–Kier alpha value is -3.11. The third-order valence-electron chi connectivity index (χ3n) is 3.43. The highest BCUT2D eigenvalue weighted by atomic mass is 19.1. The Balaban J connectivity index is 2.05. The van der Waals surface area contributed by atoms with E-state index in [0.717, 1.165) is 10.9 Å². The van der Waals surface area contributed by atoms with Crippen LogP contribution < -0.4 is 0 Å². The quantitative estimate of drug-likeness (QED) is 0.717. The average molecular weight is 275 g/mol. The van der Waals surface area contributed by atoms with Gasteiger partial charge in [0.25, 0.3) is 0 Å². The molecule has 0 atom stereocenters. The zero-order valence-corrected chi connectivity index (χ0v) is 11.0. The number of aromatic nitrogens is 1. The van der Waals surface area contributed by atoms with Crippen LogP contribution in [0.2, 0.25) is 0 Å². The molecule has 0 spiro atoms. The average Bonchev–Trinajstić information content (AvgIpc) is 2.90. The number of benzene rings is 2. The van der Waals surface area contributed by atoms with Crippen LogP contribution in [0.5, 0.6) is 0 Å². The van der Waals surface area contributed by atoms with Gasteiger partial charge in [0, 0.05) is 23.6 Å². The van der Waals surface area contributed by atoms with Gasteiger partial charge in [-0.1, -0.05) is 0 Å². The molecule has 0 aliphatic rings. The number of hydrogen-bond donors (Lipinski definition) is 0. The molecule has 0 N–H and O–H groups in total. The lowest BCUT2D eigenvalue weighted by atomic mass is 10.1. The van der Waals surface area contributed by atoms with Crippen molar-refractivity contribution in [2.24, 2.45) is 0 Å². The van der Waals surface area contributed by atoms with Crippen LogP contribution in [-0.4, -0.2) is 4.57 Å².